The van der Waals surface area contributed by atoms with Gasteiger partial charge in [0.2, 0.25) is 0 Å². The van der Waals surface area contributed by atoms with Gasteiger partial charge in [0.15, 0.2) is 6.10 Å². The Kier molecular flexibility index (Phi) is 5.16. The third-order valence-corrected chi connectivity index (χ3v) is 4.37. The van der Waals surface area contributed by atoms with Crippen LogP contribution in [0.2, 0.25) is 0 Å². The summed E-state index contributed by atoms with van der Waals surface area (Å²) in [5.74, 6) is -1.20. The van der Waals surface area contributed by atoms with Crippen molar-refractivity contribution in [2.45, 2.75) is 32.4 Å². The van der Waals surface area contributed by atoms with Gasteiger partial charge in [-0.05, 0) is 55.7 Å². The lowest BCUT2D eigenvalue weighted by Crippen LogP contribution is -2.43. The number of hydrogen-bond acceptors (Lipinski definition) is 3. The van der Waals surface area contributed by atoms with Gasteiger partial charge in [0, 0.05) is 17.8 Å². The van der Waals surface area contributed by atoms with E-state index in [0.29, 0.717) is 5.56 Å². The molecule has 1 aliphatic rings. The summed E-state index contributed by atoms with van der Waals surface area (Å²) in [5, 5.41) is 0. The Morgan fingerprint density at radius 1 is 1.19 bits per heavy atom. The van der Waals surface area contributed by atoms with Crippen molar-refractivity contribution in [2.24, 2.45) is 0 Å². The Morgan fingerprint density at radius 2 is 1.88 bits per heavy atom. The van der Waals surface area contributed by atoms with Crippen molar-refractivity contribution in [3.8, 4) is 0 Å². The first-order valence-electron chi connectivity index (χ1n) is 8.51. The van der Waals surface area contributed by atoms with Gasteiger partial charge in [-0.15, -0.1) is 0 Å². The maximum Gasteiger partial charge on any atom is 0.331 e. The third kappa shape index (κ3) is 3.82. The lowest BCUT2D eigenvalue weighted by atomic mass is 10.1. The molecular formula is C21H20FNO3. The quantitative estimate of drug-likeness (QED) is 0.621. The summed E-state index contributed by atoms with van der Waals surface area (Å²) in [6.45, 7) is 3.54. The first-order valence-corrected chi connectivity index (χ1v) is 8.51. The highest BCUT2D eigenvalue weighted by atomic mass is 19.1. The predicted molar refractivity (Wildman–Crippen MR) is 98.1 cm³/mol. The molecule has 0 bridgehead atoms. The standard InChI is InChI=1S/C21H20FNO3/c1-14-13-17-5-3-4-6-19(17)23(14)21(25)15(2)26-20(24)12-9-16-7-10-18(22)11-8-16/h3-12,14-15H,13H2,1-2H3/b12-9+/t14-,15+/m0/s1. The summed E-state index contributed by atoms with van der Waals surface area (Å²) in [6, 6.07) is 13.5. The predicted octanol–water partition coefficient (Wildman–Crippen LogP) is 3.75. The Balaban J connectivity index is 1.64. The molecule has 2 aromatic rings. The van der Waals surface area contributed by atoms with Gasteiger partial charge in [0.05, 0.1) is 0 Å². The van der Waals surface area contributed by atoms with Crippen molar-refractivity contribution >= 4 is 23.6 Å². The number of halogens is 1. The molecule has 134 valence electrons. The molecule has 0 fully saturated rings. The lowest BCUT2D eigenvalue weighted by molar-refractivity contribution is -0.149. The number of nitrogens with zero attached hydrogens (tertiary/aromatic N) is 1. The van der Waals surface area contributed by atoms with Gasteiger partial charge in [0.25, 0.3) is 5.91 Å². The maximum atomic E-state index is 12.9. The number of amides is 1. The van der Waals surface area contributed by atoms with Crippen LogP contribution < -0.4 is 4.90 Å². The summed E-state index contributed by atoms with van der Waals surface area (Å²) in [5.41, 5.74) is 2.65. The zero-order chi connectivity index (χ0) is 18.7. The molecule has 5 heteroatoms. The van der Waals surface area contributed by atoms with Crippen LogP contribution in [0.4, 0.5) is 10.1 Å². The number of ether oxygens (including phenoxy) is 1. The minimum atomic E-state index is -0.894. The Morgan fingerprint density at radius 3 is 2.62 bits per heavy atom. The lowest BCUT2D eigenvalue weighted by Gasteiger charge is -2.25. The third-order valence-electron chi connectivity index (χ3n) is 4.37. The van der Waals surface area contributed by atoms with E-state index in [-0.39, 0.29) is 17.8 Å². The van der Waals surface area contributed by atoms with E-state index in [1.54, 1.807) is 24.0 Å². The molecule has 2 aromatic carbocycles. The van der Waals surface area contributed by atoms with Crippen molar-refractivity contribution in [3.63, 3.8) is 0 Å². The minimum absolute atomic E-state index is 0.0239. The zero-order valence-electron chi connectivity index (χ0n) is 14.7. The van der Waals surface area contributed by atoms with Gasteiger partial charge in [0.1, 0.15) is 5.82 Å². The van der Waals surface area contributed by atoms with Crippen LogP contribution in [0.15, 0.2) is 54.6 Å². The minimum Gasteiger partial charge on any atom is -0.449 e. The fraction of sp³-hybridized carbons (Fsp3) is 0.238. The summed E-state index contributed by atoms with van der Waals surface area (Å²) < 4.78 is 18.1. The Bertz CT molecular complexity index is 845. The second-order valence-corrected chi connectivity index (χ2v) is 6.35. The van der Waals surface area contributed by atoms with E-state index >= 15 is 0 Å². The van der Waals surface area contributed by atoms with E-state index in [1.165, 1.54) is 24.3 Å². The first kappa shape index (κ1) is 17.9. The van der Waals surface area contributed by atoms with Crippen LogP contribution in [0, 0.1) is 5.82 Å². The second kappa shape index (κ2) is 7.52. The SMILES string of the molecule is C[C@@H](OC(=O)/C=C/c1ccc(F)cc1)C(=O)N1c2ccccc2C[C@@H]1C. The van der Waals surface area contributed by atoms with Crippen molar-refractivity contribution in [1.29, 1.82) is 0 Å². The van der Waals surface area contributed by atoms with Gasteiger partial charge in [-0.2, -0.15) is 0 Å². The van der Waals surface area contributed by atoms with E-state index in [9.17, 15) is 14.0 Å². The number of esters is 1. The Hall–Kier alpha value is -2.95. The van der Waals surface area contributed by atoms with Gasteiger partial charge in [-0.25, -0.2) is 9.18 Å². The van der Waals surface area contributed by atoms with E-state index in [1.807, 2.05) is 31.2 Å². The number of rotatable bonds is 4. The summed E-state index contributed by atoms with van der Waals surface area (Å²) >= 11 is 0. The summed E-state index contributed by atoms with van der Waals surface area (Å²) in [7, 11) is 0. The van der Waals surface area contributed by atoms with Crippen LogP contribution in [-0.4, -0.2) is 24.0 Å². The van der Waals surface area contributed by atoms with E-state index < -0.39 is 12.1 Å². The van der Waals surface area contributed by atoms with Gasteiger partial charge < -0.3 is 9.64 Å². The van der Waals surface area contributed by atoms with Gasteiger partial charge >= 0.3 is 5.97 Å². The molecule has 1 aliphatic heterocycles. The van der Waals surface area contributed by atoms with Gasteiger partial charge in [-0.1, -0.05) is 30.3 Å². The number of fused-ring (bicyclic) bond motifs is 1. The van der Waals surface area contributed by atoms with E-state index in [2.05, 4.69) is 0 Å². The largest absolute Gasteiger partial charge is 0.449 e. The number of benzene rings is 2. The average Bonchev–Trinajstić information content (AvgIpc) is 2.96. The molecule has 3 rings (SSSR count). The van der Waals surface area contributed by atoms with Crippen LogP contribution in [0.1, 0.15) is 25.0 Å². The average molecular weight is 353 g/mol. The van der Waals surface area contributed by atoms with Crippen LogP contribution >= 0.6 is 0 Å². The molecule has 0 radical (unpaired) electrons. The molecule has 0 saturated heterocycles. The summed E-state index contributed by atoms with van der Waals surface area (Å²) in [6.07, 6.45) is 2.65. The number of para-hydroxylation sites is 1. The van der Waals surface area contributed by atoms with E-state index in [4.69, 9.17) is 4.74 Å². The molecule has 4 nitrogen and oxygen atoms in total. The molecule has 26 heavy (non-hydrogen) atoms. The zero-order valence-corrected chi connectivity index (χ0v) is 14.7. The molecule has 0 spiro atoms. The molecule has 0 aromatic heterocycles. The highest BCUT2D eigenvalue weighted by molar-refractivity contribution is 6.00. The smallest absolute Gasteiger partial charge is 0.331 e. The van der Waals surface area contributed by atoms with Gasteiger partial charge in [-0.3, -0.25) is 4.79 Å². The number of hydrogen-bond donors (Lipinski definition) is 0. The molecule has 0 N–H and O–H groups in total. The fourth-order valence-electron chi connectivity index (χ4n) is 3.10. The fourth-order valence-corrected chi connectivity index (χ4v) is 3.10. The molecule has 0 unspecified atom stereocenters. The molecule has 1 heterocycles. The van der Waals surface area contributed by atoms with E-state index in [0.717, 1.165) is 17.7 Å². The number of carbonyl (C=O) groups excluding carboxylic acids is 2. The normalized spacial score (nSPS) is 17.2. The highest BCUT2D eigenvalue weighted by Crippen LogP contribution is 2.32. The van der Waals surface area contributed by atoms with Crippen molar-refractivity contribution < 1.29 is 18.7 Å². The molecule has 1 amide bonds. The summed E-state index contributed by atoms with van der Waals surface area (Å²) in [4.78, 5) is 26.4. The second-order valence-electron chi connectivity index (χ2n) is 6.35. The van der Waals surface area contributed by atoms with Crippen LogP contribution in [0.25, 0.3) is 6.08 Å². The monoisotopic (exact) mass is 353 g/mol. The molecule has 0 aliphatic carbocycles. The van der Waals surface area contributed by atoms with Crippen LogP contribution in [0.5, 0.6) is 0 Å². The highest BCUT2D eigenvalue weighted by Gasteiger charge is 2.34. The van der Waals surface area contributed by atoms with Crippen molar-refractivity contribution in [1.82, 2.24) is 0 Å². The number of anilines is 1. The first-order chi connectivity index (χ1) is 12.5. The van der Waals surface area contributed by atoms with Crippen LogP contribution in [0.3, 0.4) is 0 Å². The molecule has 0 saturated carbocycles. The topological polar surface area (TPSA) is 46.6 Å². The van der Waals surface area contributed by atoms with Crippen LogP contribution in [-0.2, 0) is 20.7 Å². The van der Waals surface area contributed by atoms with Crippen molar-refractivity contribution in [2.75, 3.05) is 4.90 Å². The Labute approximate surface area is 151 Å². The maximum absolute atomic E-state index is 12.9. The molecular weight excluding hydrogens is 333 g/mol. The molecule has 2 atom stereocenters. The number of carbonyl (C=O) groups is 2. The van der Waals surface area contributed by atoms with Crippen molar-refractivity contribution in [3.05, 3.63) is 71.6 Å².